The normalized spacial score (nSPS) is 19.2. The van der Waals surface area contributed by atoms with E-state index in [-0.39, 0.29) is 18.1 Å². The Labute approximate surface area is 185 Å². The van der Waals surface area contributed by atoms with Crippen LogP contribution >= 0.6 is 0 Å². The van der Waals surface area contributed by atoms with Crippen molar-refractivity contribution in [3.63, 3.8) is 0 Å². The molecule has 1 unspecified atom stereocenters. The Morgan fingerprint density at radius 2 is 1.78 bits per heavy atom. The third kappa shape index (κ3) is 3.93. The van der Waals surface area contributed by atoms with Crippen LogP contribution in [0.4, 0.5) is 4.39 Å². The number of hydrogen-bond acceptors (Lipinski definition) is 6. The molecular formula is C24H25FN2O5. The molecule has 2 aliphatic rings. The number of ether oxygens (including phenoxy) is 2. The Morgan fingerprint density at radius 3 is 2.47 bits per heavy atom. The average Bonchev–Trinajstić information content (AvgIpc) is 3.37. The quantitative estimate of drug-likeness (QED) is 0.404. The summed E-state index contributed by atoms with van der Waals surface area (Å²) in [6, 6.07) is 9.61. The predicted molar refractivity (Wildman–Crippen MR) is 116 cm³/mol. The molecule has 0 aromatic heterocycles. The molecular weight excluding hydrogens is 415 g/mol. The molecule has 0 radical (unpaired) electrons. The molecule has 32 heavy (non-hydrogen) atoms. The third-order valence-corrected chi connectivity index (χ3v) is 5.92. The molecule has 2 aliphatic heterocycles. The number of carbonyl (C=O) groups is 2. The van der Waals surface area contributed by atoms with Gasteiger partial charge >= 0.3 is 0 Å². The highest BCUT2D eigenvalue weighted by atomic mass is 19.1. The SMILES string of the molecule is CCN(CC)CCN1C(=O)C(=O)C(=C(O)c2ccc3c(c2)OCO3)C1c1ccc(F)cc1. The van der Waals surface area contributed by atoms with Gasteiger partial charge in [-0.25, -0.2) is 4.39 Å². The molecule has 168 valence electrons. The van der Waals surface area contributed by atoms with E-state index in [9.17, 15) is 19.1 Å². The van der Waals surface area contributed by atoms with Gasteiger partial charge < -0.3 is 24.4 Å². The molecule has 1 amide bonds. The van der Waals surface area contributed by atoms with E-state index in [1.165, 1.54) is 29.2 Å². The number of halogens is 1. The van der Waals surface area contributed by atoms with Crippen LogP contribution in [0, 0.1) is 5.82 Å². The fraction of sp³-hybridized carbons (Fsp3) is 0.333. The second-order valence-electron chi connectivity index (χ2n) is 7.64. The number of ketones is 1. The van der Waals surface area contributed by atoms with Gasteiger partial charge in [0.2, 0.25) is 6.79 Å². The molecule has 1 fully saturated rings. The number of aliphatic hydroxyl groups is 1. The van der Waals surface area contributed by atoms with Crippen molar-refractivity contribution in [2.45, 2.75) is 19.9 Å². The zero-order chi connectivity index (χ0) is 22.8. The number of carbonyl (C=O) groups excluding carboxylic acids is 2. The Balaban J connectivity index is 1.78. The van der Waals surface area contributed by atoms with Crippen LogP contribution in [-0.4, -0.2) is 59.6 Å². The molecule has 1 atom stereocenters. The average molecular weight is 440 g/mol. The number of fused-ring (bicyclic) bond motifs is 1. The number of amides is 1. The van der Waals surface area contributed by atoms with Gasteiger partial charge in [0, 0.05) is 18.7 Å². The van der Waals surface area contributed by atoms with Crippen LogP contribution in [0.25, 0.3) is 5.76 Å². The van der Waals surface area contributed by atoms with E-state index in [1.54, 1.807) is 18.2 Å². The van der Waals surface area contributed by atoms with Crippen molar-refractivity contribution >= 4 is 17.4 Å². The van der Waals surface area contributed by atoms with E-state index in [0.717, 1.165) is 13.1 Å². The Morgan fingerprint density at radius 1 is 1.09 bits per heavy atom. The van der Waals surface area contributed by atoms with Crippen molar-refractivity contribution in [2.24, 2.45) is 0 Å². The van der Waals surface area contributed by atoms with Crippen LogP contribution < -0.4 is 9.47 Å². The van der Waals surface area contributed by atoms with Crippen LogP contribution in [0.5, 0.6) is 11.5 Å². The summed E-state index contributed by atoms with van der Waals surface area (Å²) in [7, 11) is 0. The summed E-state index contributed by atoms with van der Waals surface area (Å²) < 4.78 is 24.2. The zero-order valence-corrected chi connectivity index (χ0v) is 18.0. The molecule has 2 heterocycles. The smallest absolute Gasteiger partial charge is 0.295 e. The summed E-state index contributed by atoms with van der Waals surface area (Å²) in [4.78, 5) is 29.6. The molecule has 1 saturated heterocycles. The molecule has 0 saturated carbocycles. The first-order chi connectivity index (χ1) is 15.4. The predicted octanol–water partition coefficient (Wildman–Crippen LogP) is 3.32. The van der Waals surface area contributed by atoms with E-state index < -0.39 is 23.5 Å². The van der Waals surface area contributed by atoms with Crippen molar-refractivity contribution in [3.05, 3.63) is 65.0 Å². The second-order valence-corrected chi connectivity index (χ2v) is 7.64. The largest absolute Gasteiger partial charge is 0.507 e. The maximum Gasteiger partial charge on any atom is 0.295 e. The molecule has 7 nitrogen and oxygen atoms in total. The lowest BCUT2D eigenvalue weighted by Gasteiger charge is -2.28. The summed E-state index contributed by atoms with van der Waals surface area (Å²) in [5, 5.41) is 11.1. The fourth-order valence-electron chi connectivity index (χ4n) is 4.09. The molecule has 0 spiro atoms. The van der Waals surface area contributed by atoms with Crippen molar-refractivity contribution < 1.29 is 28.6 Å². The molecule has 8 heteroatoms. The number of nitrogens with zero attached hydrogens (tertiary/aromatic N) is 2. The number of likely N-dealkylation sites (N-methyl/N-ethyl adjacent to an activating group) is 1. The first kappa shape index (κ1) is 21.8. The topological polar surface area (TPSA) is 79.3 Å². The number of likely N-dealkylation sites (tertiary alicyclic amines) is 1. The van der Waals surface area contributed by atoms with Gasteiger partial charge in [-0.3, -0.25) is 9.59 Å². The lowest BCUT2D eigenvalue weighted by molar-refractivity contribution is -0.140. The van der Waals surface area contributed by atoms with Crippen LogP contribution in [0.2, 0.25) is 0 Å². The van der Waals surface area contributed by atoms with Crippen molar-refractivity contribution in [1.82, 2.24) is 9.80 Å². The zero-order valence-electron chi connectivity index (χ0n) is 18.0. The molecule has 0 aliphatic carbocycles. The summed E-state index contributed by atoms with van der Waals surface area (Å²) in [5.74, 6) is -1.20. The highest BCUT2D eigenvalue weighted by Crippen LogP contribution is 2.41. The minimum atomic E-state index is -0.823. The lowest BCUT2D eigenvalue weighted by Crippen LogP contribution is -2.38. The maximum atomic E-state index is 13.6. The van der Waals surface area contributed by atoms with E-state index in [0.29, 0.717) is 35.7 Å². The first-order valence-electron chi connectivity index (χ1n) is 10.6. The summed E-state index contributed by atoms with van der Waals surface area (Å²) >= 11 is 0. The molecule has 0 bridgehead atoms. The van der Waals surface area contributed by atoms with Crippen molar-refractivity contribution in [3.8, 4) is 11.5 Å². The first-order valence-corrected chi connectivity index (χ1v) is 10.6. The minimum absolute atomic E-state index is 0.0278. The second kappa shape index (κ2) is 9.00. The van der Waals surface area contributed by atoms with Gasteiger partial charge in [0.25, 0.3) is 11.7 Å². The minimum Gasteiger partial charge on any atom is -0.507 e. The Bertz CT molecular complexity index is 1060. The summed E-state index contributed by atoms with van der Waals surface area (Å²) in [6.07, 6.45) is 0. The van der Waals surface area contributed by atoms with Crippen LogP contribution in [0.1, 0.15) is 31.0 Å². The van der Waals surface area contributed by atoms with Gasteiger partial charge in [0.05, 0.1) is 11.6 Å². The van der Waals surface area contributed by atoms with Crippen molar-refractivity contribution in [1.29, 1.82) is 0 Å². The Kier molecular flexibility index (Phi) is 6.14. The van der Waals surface area contributed by atoms with Crippen LogP contribution in [0.15, 0.2) is 48.0 Å². The van der Waals surface area contributed by atoms with E-state index >= 15 is 0 Å². The third-order valence-electron chi connectivity index (χ3n) is 5.92. The number of benzene rings is 2. The molecule has 1 N–H and O–H groups in total. The van der Waals surface area contributed by atoms with Crippen LogP contribution in [-0.2, 0) is 9.59 Å². The van der Waals surface area contributed by atoms with E-state index in [1.807, 2.05) is 13.8 Å². The fourth-order valence-corrected chi connectivity index (χ4v) is 4.09. The molecule has 2 aromatic rings. The number of hydrogen-bond donors (Lipinski definition) is 1. The van der Waals surface area contributed by atoms with E-state index in [2.05, 4.69) is 4.90 Å². The highest BCUT2D eigenvalue weighted by molar-refractivity contribution is 6.46. The van der Waals surface area contributed by atoms with Gasteiger partial charge in [-0.1, -0.05) is 26.0 Å². The highest BCUT2D eigenvalue weighted by Gasteiger charge is 2.46. The number of rotatable bonds is 7. The van der Waals surface area contributed by atoms with Gasteiger partial charge in [-0.05, 0) is 49.0 Å². The van der Waals surface area contributed by atoms with Gasteiger partial charge in [-0.15, -0.1) is 0 Å². The maximum absolute atomic E-state index is 13.6. The van der Waals surface area contributed by atoms with Gasteiger partial charge in [0.15, 0.2) is 11.5 Å². The monoisotopic (exact) mass is 440 g/mol. The Hall–Kier alpha value is -3.39. The van der Waals surface area contributed by atoms with E-state index in [4.69, 9.17) is 9.47 Å². The standard InChI is InChI=1S/C24H25FN2O5/c1-3-26(4-2)11-12-27-21(15-5-8-17(25)9-6-15)20(23(29)24(27)30)22(28)16-7-10-18-19(13-16)32-14-31-18/h5-10,13,21,28H,3-4,11-12,14H2,1-2H3. The number of Topliss-reactive ketones (excluding diaryl/α,β-unsaturated/α-hetero) is 1. The van der Waals surface area contributed by atoms with Crippen molar-refractivity contribution in [2.75, 3.05) is 33.0 Å². The van der Waals surface area contributed by atoms with Gasteiger partial charge in [-0.2, -0.15) is 0 Å². The van der Waals surface area contributed by atoms with Gasteiger partial charge in [0.1, 0.15) is 11.6 Å². The number of aliphatic hydroxyl groups excluding tert-OH is 1. The summed E-state index contributed by atoms with van der Waals surface area (Å²) in [6.45, 7) is 6.60. The molecule has 2 aromatic carbocycles. The summed E-state index contributed by atoms with van der Waals surface area (Å²) in [5.41, 5.74) is 0.857. The molecule has 4 rings (SSSR count). The lowest BCUT2D eigenvalue weighted by atomic mass is 9.95. The van der Waals surface area contributed by atoms with Crippen LogP contribution in [0.3, 0.4) is 0 Å².